The summed E-state index contributed by atoms with van der Waals surface area (Å²) in [6.45, 7) is 0. The SMILES string of the molecule is O=C(O)CC(c1ccccc1)S(=O)(=O)O.[Na]. The average molecular weight is 253 g/mol. The predicted octanol–water partition coefficient (Wildman–Crippen LogP) is 0.709. The molecule has 0 fully saturated rings. The van der Waals surface area contributed by atoms with E-state index in [9.17, 15) is 13.2 Å². The summed E-state index contributed by atoms with van der Waals surface area (Å²) in [7, 11) is -4.39. The zero-order chi connectivity index (χ0) is 11.5. The molecule has 1 atom stereocenters. The van der Waals surface area contributed by atoms with Gasteiger partial charge in [-0.2, -0.15) is 8.42 Å². The summed E-state index contributed by atoms with van der Waals surface area (Å²) < 4.78 is 30.8. The maximum Gasteiger partial charge on any atom is 0.305 e. The molecule has 1 aromatic carbocycles. The zero-order valence-corrected chi connectivity index (χ0v) is 11.5. The van der Waals surface area contributed by atoms with Crippen molar-refractivity contribution in [3.63, 3.8) is 0 Å². The van der Waals surface area contributed by atoms with Crippen LogP contribution in [0.2, 0.25) is 0 Å². The molecule has 7 heteroatoms. The van der Waals surface area contributed by atoms with Crippen LogP contribution >= 0.6 is 0 Å². The molecule has 16 heavy (non-hydrogen) atoms. The maximum atomic E-state index is 11.0. The standard InChI is InChI=1S/C9H10O5S.Na/c10-9(11)6-8(15(12,13)14)7-4-2-1-3-5-7;/h1-5,8H,6H2,(H,10,11)(H,12,13,14);. The van der Waals surface area contributed by atoms with Crippen LogP contribution in [0.4, 0.5) is 0 Å². The Kier molecular flexibility index (Phi) is 6.20. The fourth-order valence-corrected chi connectivity index (χ4v) is 2.08. The van der Waals surface area contributed by atoms with Crippen LogP contribution in [0.1, 0.15) is 17.2 Å². The number of hydrogen-bond acceptors (Lipinski definition) is 3. The molecule has 0 amide bonds. The van der Waals surface area contributed by atoms with E-state index >= 15 is 0 Å². The second-order valence-corrected chi connectivity index (χ2v) is 4.61. The van der Waals surface area contributed by atoms with E-state index in [1.165, 1.54) is 12.1 Å². The molecule has 1 rings (SSSR count). The summed E-state index contributed by atoms with van der Waals surface area (Å²) in [5, 5.41) is 7.13. The van der Waals surface area contributed by atoms with Crippen molar-refractivity contribution in [3.8, 4) is 0 Å². The molecule has 0 bridgehead atoms. The number of carboxylic acid groups (broad SMARTS) is 1. The third-order valence-corrected chi connectivity index (χ3v) is 3.05. The summed E-state index contributed by atoms with van der Waals surface area (Å²) in [4.78, 5) is 10.5. The predicted molar refractivity (Wildman–Crippen MR) is 58.7 cm³/mol. The van der Waals surface area contributed by atoms with Gasteiger partial charge >= 0.3 is 5.97 Å². The number of carboxylic acids is 1. The van der Waals surface area contributed by atoms with E-state index in [2.05, 4.69) is 0 Å². The normalized spacial score (nSPS) is 12.6. The van der Waals surface area contributed by atoms with Crippen molar-refractivity contribution in [3.05, 3.63) is 35.9 Å². The Hall–Kier alpha value is -0.400. The Morgan fingerprint density at radius 2 is 1.75 bits per heavy atom. The van der Waals surface area contributed by atoms with Crippen LogP contribution in [0.25, 0.3) is 0 Å². The van der Waals surface area contributed by atoms with E-state index in [1.54, 1.807) is 18.2 Å². The summed E-state index contributed by atoms with van der Waals surface area (Å²) in [6, 6.07) is 7.75. The van der Waals surface area contributed by atoms with Crippen LogP contribution in [0.3, 0.4) is 0 Å². The van der Waals surface area contributed by atoms with Crippen molar-refractivity contribution >= 4 is 45.6 Å². The van der Waals surface area contributed by atoms with E-state index < -0.39 is 27.8 Å². The maximum absolute atomic E-state index is 11.0. The van der Waals surface area contributed by atoms with E-state index in [4.69, 9.17) is 9.66 Å². The second-order valence-electron chi connectivity index (χ2n) is 3.01. The van der Waals surface area contributed by atoms with Crippen molar-refractivity contribution in [2.75, 3.05) is 0 Å². The van der Waals surface area contributed by atoms with Crippen LogP contribution in [-0.4, -0.2) is 53.6 Å². The van der Waals surface area contributed by atoms with Crippen molar-refractivity contribution in [2.24, 2.45) is 0 Å². The first-order chi connectivity index (χ1) is 6.91. The van der Waals surface area contributed by atoms with Gasteiger partial charge in [0.1, 0.15) is 5.25 Å². The molecule has 0 saturated heterocycles. The van der Waals surface area contributed by atoms with Gasteiger partial charge in [0.2, 0.25) is 0 Å². The first-order valence-corrected chi connectivity index (χ1v) is 5.64. The number of hydrogen-bond donors (Lipinski definition) is 2. The van der Waals surface area contributed by atoms with Gasteiger partial charge in [0, 0.05) is 29.6 Å². The van der Waals surface area contributed by atoms with E-state index in [0.29, 0.717) is 0 Å². The summed E-state index contributed by atoms with van der Waals surface area (Å²) in [5.41, 5.74) is 0.266. The largest absolute Gasteiger partial charge is 0.481 e. The minimum atomic E-state index is -4.39. The molecule has 83 valence electrons. The van der Waals surface area contributed by atoms with Crippen molar-refractivity contribution in [1.82, 2.24) is 0 Å². The Balaban J connectivity index is 0.00000225. The van der Waals surface area contributed by atoms with Crippen molar-refractivity contribution in [2.45, 2.75) is 11.7 Å². The molecular weight excluding hydrogens is 243 g/mol. The Bertz CT molecular complexity index is 442. The van der Waals surface area contributed by atoms with Gasteiger partial charge in [0.25, 0.3) is 10.1 Å². The van der Waals surface area contributed by atoms with Crippen LogP contribution in [0, 0.1) is 0 Å². The molecule has 0 aliphatic carbocycles. The summed E-state index contributed by atoms with van der Waals surface area (Å²) >= 11 is 0. The second kappa shape index (κ2) is 6.36. The monoisotopic (exact) mass is 253 g/mol. The third kappa shape index (κ3) is 4.63. The number of aliphatic carboxylic acids is 1. The van der Waals surface area contributed by atoms with Gasteiger partial charge in [0.05, 0.1) is 6.42 Å². The fraction of sp³-hybridized carbons (Fsp3) is 0.222. The van der Waals surface area contributed by atoms with Gasteiger partial charge in [-0.15, -0.1) is 0 Å². The molecule has 0 spiro atoms. The zero-order valence-electron chi connectivity index (χ0n) is 8.70. The van der Waals surface area contributed by atoms with Crippen LogP contribution in [-0.2, 0) is 14.9 Å². The molecule has 1 aromatic rings. The molecule has 0 saturated carbocycles. The molecule has 0 aromatic heterocycles. The van der Waals surface area contributed by atoms with Crippen LogP contribution in [0.5, 0.6) is 0 Å². The van der Waals surface area contributed by atoms with Gasteiger partial charge in [-0.1, -0.05) is 30.3 Å². The summed E-state index contributed by atoms with van der Waals surface area (Å²) in [5.74, 6) is -1.28. The van der Waals surface area contributed by atoms with Gasteiger partial charge in [-0.05, 0) is 5.56 Å². The molecule has 0 heterocycles. The smallest absolute Gasteiger partial charge is 0.305 e. The van der Waals surface area contributed by atoms with Crippen molar-refractivity contribution in [1.29, 1.82) is 0 Å². The summed E-state index contributed by atoms with van der Waals surface area (Å²) in [6.07, 6.45) is -0.650. The number of rotatable bonds is 4. The minimum absolute atomic E-state index is 0. The van der Waals surface area contributed by atoms with Crippen LogP contribution < -0.4 is 0 Å². The minimum Gasteiger partial charge on any atom is -0.481 e. The fourth-order valence-electron chi connectivity index (χ4n) is 1.22. The quantitative estimate of drug-likeness (QED) is 0.609. The first kappa shape index (κ1) is 15.6. The molecule has 1 unspecified atom stereocenters. The van der Waals surface area contributed by atoms with E-state index in [-0.39, 0.29) is 35.1 Å². The Labute approximate surface area is 116 Å². The van der Waals surface area contributed by atoms with E-state index in [0.717, 1.165) is 0 Å². The molecule has 0 aliphatic rings. The Morgan fingerprint density at radius 1 is 1.25 bits per heavy atom. The van der Waals surface area contributed by atoms with Gasteiger partial charge < -0.3 is 5.11 Å². The molecule has 0 aliphatic heterocycles. The van der Waals surface area contributed by atoms with E-state index in [1.807, 2.05) is 0 Å². The number of carbonyl (C=O) groups is 1. The topological polar surface area (TPSA) is 91.7 Å². The first-order valence-electron chi connectivity index (χ1n) is 4.14. The van der Waals surface area contributed by atoms with Crippen molar-refractivity contribution < 1.29 is 22.9 Å². The van der Waals surface area contributed by atoms with Crippen LogP contribution in [0.15, 0.2) is 30.3 Å². The molecule has 5 nitrogen and oxygen atoms in total. The van der Waals surface area contributed by atoms with Gasteiger partial charge in [0.15, 0.2) is 0 Å². The van der Waals surface area contributed by atoms with Gasteiger partial charge in [-0.25, -0.2) is 0 Å². The average Bonchev–Trinajstić information content (AvgIpc) is 2.14. The number of benzene rings is 1. The molecular formula is C9H10NaO5S. The molecule has 1 radical (unpaired) electrons. The molecule has 2 N–H and O–H groups in total. The Morgan fingerprint density at radius 3 is 2.12 bits per heavy atom. The third-order valence-electron chi connectivity index (χ3n) is 1.89. The van der Waals surface area contributed by atoms with Gasteiger partial charge in [-0.3, -0.25) is 9.35 Å².